The summed E-state index contributed by atoms with van der Waals surface area (Å²) in [4.78, 5) is 28.8. The Morgan fingerprint density at radius 2 is 1.18 bits per heavy atom. The van der Waals surface area contributed by atoms with E-state index < -0.39 is 0 Å². The molecule has 0 spiro atoms. The summed E-state index contributed by atoms with van der Waals surface area (Å²) >= 11 is 0. The normalized spacial score (nSPS) is 19.3. The molecule has 2 fully saturated rings. The molecule has 1 amide bonds. The molecule has 0 unspecified atom stereocenters. The van der Waals surface area contributed by atoms with E-state index in [1.807, 2.05) is 0 Å². The molecule has 0 aliphatic carbocycles. The smallest absolute Gasteiger partial charge is 0.305 e. The molecule has 322 valence electrons. The van der Waals surface area contributed by atoms with Gasteiger partial charge in [-0.05, 0) is 104 Å². The Kier molecular flexibility index (Phi) is 30.4. The quantitative estimate of drug-likeness (QED) is 0.0390. The fraction of sp³-hybridized carbons (Fsp3) is 0.918. The van der Waals surface area contributed by atoms with Gasteiger partial charge in [-0.2, -0.15) is 0 Å². The van der Waals surface area contributed by atoms with Crippen LogP contribution in [0.25, 0.3) is 0 Å². The second kappa shape index (κ2) is 33.6. The van der Waals surface area contributed by atoms with Crippen LogP contribution >= 0.6 is 0 Å². The predicted octanol–water partition coefficient (Wildman–Crippen LogP) is 13.6. The second-order valence-corrected chi connectivity index (χ2v) is 18.2. The van der Waals surface area contributed by atoms with Crippen molar-refractivity contribution in [3.05, 3.63) is 12.2 Å². The van der Waals surface area contributed by atoms with Gasteiger partial charge in [-0.15, -0.1) is 0 Å². The summed E-state index contributed by atoms with van der Waals surface area (Å²) in [6, 6.07) is -0.300. The van der Waals surface area contributed by atoms with E-state index in [0.717, 1.165) is 51.7 Å². The zero-order valence-corrected chi connectivity index (χ0v) is 37.1. The number of allylic oxidation sites excluding steroid dienone is 2. The lowest BCUT2D eigenvalue weighted by atomic mass is 9.86. The number of hydrogen-bond donors (Lipinski definition) is 1. The number of carbonyl (C=O) groups is 2. The zero-order valence-electron chi connectivity index (χ0n) is 37.1. The molecule has 2 aliphatic rings. The lowest BCUT2D eigenvalue weighted by Crippen LogP contribution is -2.49. The van der Waals surface area contributed by atoms with Crippen LogP contribution in [0.2, 0.25) is 0 Å². The van der Waals surface area contributed by atoms with Crippen LogP contribution in [-0.2, 0) is 19.1 Å². The van der Waals surface area contributed by atoms with Crippen molar-refractivity contribution in [3.8, 4) is 0 Å². The molecular formula is C49H92N2O4. The molecule has 0 bridgehead atoms. The Balaban J connectivity index is 1.75. The Morgan fingerprint density at radius 3 is 1.75 bits per heavy atom. The van der Waals surface area contributed by atoms with E-state index in [1.165, 1.54) is 167 Å². The highest BCUT2D eigenvalue weighted by molar-refractivity contribution is 5.76. The first-order valence-corrected chi connectivity index (χ1v) is 24.3. The third kappa shape index (κ3) is 27.0. The van der Waals surface area contributed by atoms with Gasteiger partial charge in [-0.1, -0.05) is 161 Å². The monoisotopic (exact) mass is 773 g/mol. The SMILES string of the molecule is CCCCCCCC/C=C\CCCCCCCC(=O)N[C@@H](COC(=O)CCCN1CCCCC1)[C@@H]1OC(C)(C)C[C@@H]1CCCCCCCCCCCCCC. The first-order valence-electron chi connectivity index (χ1n) is 24.3. The highest BCUT2D eigenvalue weighted by atomic mass is 16.5. The number of nitrogens with zero attached hydrogens (tertiary/aromatic N) is 1. The average Bonchev–Trinajstić information content (AvgIpc) is 3.49. The van der Waals surface area contributed by atoms with Crippen molar-refractivity contribution in [2.45, 2.75) is 257 Å². The largest absolute Gasteiger partial charge is 0.463 e. The Hall–Kier alpha value is -1.40. The predicted molar refractivity (Wildman–Crippen MR) is 235 cm³/mol. The van der Waals surface area contributed by atoms with Gasteiger partial charge in [0.2, 0.25) is 5.91 Å². The molecule has 2 saturated heterocycles. The molecule has 0 aromatic rings. The standard InChI is InChI=1S/C49H92N2O4/c1-5-7-9-11-13-15-17-19-20-21-23-25-27-29-32-37-46(52)50-45(43-54-47(53)38-35-41-51-39-33-30-34-40-51)48-44(42-49(3,4)55-48)36-31-28-26-24-22-18-16-14-12-10-8-6-2/h19-20,44-45,48H,5-18,21-43H2,1-4H3,(H,50,52)/b20-19-/t44-,45-,48+/m0/s1. The maximum atomic E-state index is 13.4. The molecule has 55 heavy (non-hydrogen) atoms. The van der Waals surface area contributed by atoms with E-state index in [4.69, 9.17) is 9.47 Å². The van der Waals surface area contributed by atoms with E-state index in [-0.39, 0.29) is 36.2 Å². The number of carbonyl (C=O) groups excluding carboxylic acids is 2. The fourth-order valence-corrected chi connectivity index (χ4v) is 8.92. The van der Waals surface area contributed by atoms with Crippen LogP contribution in [0, 0.1) is 5.92 Å². The summed E-state index contributed by atoms with van der Waals surface area (Å²) in [6.45, 7) is 12.4. The van der Waals surface area contributed by atoms with E-state index >= 15 is 0 Å². The number of amides is 1. The van der Waals surface area contributed by atoms with E-state index in [9.17, 15) is 9.59 Å². The van der Waals surface area contributed by atoms with Crippen molar-refractivity contribution in [1.82, 2.24) is 10.2 Å². The van der Waals surface area contributed by atoms with Crippen LogP contribution in [0.15, 0.2) is 12.2 Å². The third-order valence-corrected chi connectivity index (χ3v) is 12.2. The van der Waals surface area contributed by atoms with Gasteiger partial charge in [0, 0.05) is 12.8 Å². The average molecular weight is 773 g/mol. The minimum Gasteiger partial charge on any atom is -0.463 e. The molecule has 0 aromatic carbocycles. The number of likely N-dealkylation sites (tertiary alicyclic amines) is 1. The number of unbranched alkanes of at least 4 members (excludes halogenated alkanes) is 22. The zero-order chi connectivity index (χ0) is 39.7. The van der Waals surface area contributed by atoms with E-state index in [0.29, 0.717) is 18.8 Å². The topological polar surface area (TPSA) is 67.9 Å². The number of hydrogen-bond acceptors (Lipinski definition) is 5. The van der Waals surface area contributed by atoms with Crippen LogP contribution in [-0.4, -0.2) is 60.8 Å². The van der Waals surface area contributed by atoms with Gasteiger partial charge in [0.25, 0.3) is 0 Å². The molecule has 6 nitrogen and oxygen atoms in total. The number of rotatable bonds is 36. The summed E-state index contributed by atoms with van der Waals surface area (Å²) in [5, 5.41) is 3.33. The Bertz CT molecular complexity index is 945. The van der Waals surface area contributed by atoms with Crippen molar-refractivity contribution in [1.29, 1.82) is 0 Å². The number of esters is 1. The summed E-state index contributed by atoms with van der Waals surface area (Å²) in [7, 11) is 0. The van der Waals surface area contributed by atoms with Crippen molar-refractivity contribution < 1.29 is 19.1 Å². The second-order valence-electron chi connectivity index (χ2n) is 18.2. The van der Waals surface area contributed by atoms with Crippen molar-refractivity contribution in [3.63, 3.8) is 0 Å². The maximum Gasteiger partial charge on any atom is 0.305 e. The highest BCUT2D eigenvalue weighted by Crippen LogP contribution is 2.39. The molecule has 0 aromatic heterocycles. The van der Waals surface area contributed by atoms with E-state index in [1.54, 1.807) is 0 Å². The lowest BCUT2D eigenvalue weighted by molar-refractivity contribution is -0.147. The third-order valence-electron chi connectivity index (χ3n) is 12.2. The summed E-state index contributed by atoms with van der Waals surface area (Å²) in [5.74, 6) is 0.283. The number of nitrogens with one attached hydrogen (secondary N) is 1. The molecule has 2 heterocycles. The van der Waals surface area contributed by atoms with Gasteiger partial charge in [-0.3, -0.25) is 9.59 Å². The van der Waals surface area contributed by atoms with Crippen LogP contribution in [0.1, 0.15) is 240 Å². The maximum absolute atomic E-state index is 13.4. The molecule has 3 atom stereocenters. The number of ether oxygens (including phenoxy) is 2. The molecule has 2 rings (SSSR count). The minimum atomic E-state index is -0.300. The lowest BCUT2D eigenvalue weighted by Gasteiger charge is -2.29. The molecular weight excluding hydrogens is 681 g/mol. The molecule has 6 heteroatoms. The first kappa shape index (κ1) is 49.7. The van der Waals surface area contributed by atoms with Crippen LogP contribution < -0.4 is 5.32 Å². The summed E-state index contributed by atoms with van der Waals surface area (Å²) in [6.07, 6.45) is 44.8. The van der Waals surface area contributed by atoms with Crippen LogP contribution in [0.4, 0.5) is 0 Å². The van der Waals surface area contributed by atoms with Gasteiger partial charge < -0.3 is 19.7 Å². The van der Waals surface area contributed by atoms with Crippen molar-refractivity contribution in [2.75, 3.05) is 26.2 Å². The van der Waals surface area contributed by atoms with Gasteiger partial charge in [0.15, 0.2) is 0 Å². The highest BCUT2D eigenvalue weighted by Gasteiger charge is 2.44. The summed E-state index contributed by atoms with van der Waals surface area (Å²) in [5.41, 5.74) is -0.239. The Labute approximate surface area is 341 Å². The van der Waals surface area contributed by atoms with Gasteiger partial charge >= 0.3 is 5.97 Å². The van der Waals surface area contributed by atoms with Crippen LogP contribution in [0.5, 0.6) is 0 Å². The minimum absolute atomic E-state index is 0.0706. The van der Waals surface area contributed by atoms with Gasteiger partial charge in [-0.25, -0.2) is 0 Å². The van der Waals surface area contributed by atoms with Crippen molar-refractivity contribution in [2.24, 2.45) is 5.92 Å². The van der Waals surface area contributed by atoms with Gasteiger partial charge in [0.05, 0.1) is 17.7 Å². The van der Waals surface area contributed by atoms with E-state index in [2.05, 4.69) is 50.1 Å². The van der Waals surface area contributed by atoms with Crippen LogP contribution in [0.3, 0.4) is 0 Å². The Morgan fingerprint density at radius 1 is 0.673 bits per heavy atom. The molecule has 0 radical (unpaired) electrons. The van der Waals surface area contributed by atoms with Crippen molar-refractivity contribution >= 4 is 11.9 Å². The first-order chi connectivity index (χ1) is 26.8. The summed E-state index contributed by atoms with van der Waals surface area (Å²) < 4.78 is 12.6. The number of piperidine rings is 1. The molecule has 0 saturated carbocycles. The van der Waals surface area contributed by atoms with Gasteiger partial charge in [0.1, 0.15) is 6.61 Å². The molecule has 1 N–H and O–H groups in total. The fourth-order valence-electron chi connectivity index (χ4n) is 8.92. The molecule has 2 aliphatic heterocycles.